The molecule has 0 aromatic heterocycles. The van der Waals surface area contributed by atoms with Crippen LogP contribution >= 0.6 is 38.5 Å². The standard InChI is InChI=1S/C24H15BrF3IN2O2/c25-19-6-9-22(33-14-15-4-7-20(29)8-5-15)16(11-19)10-17(13-30)23(32)31-21-3-1-2-18(12-21)24(26,27)28/h1-12H,14H2,(H,31,32)/b17-10-. The smallest absolute Gasteiger partial charge is 0.416 e. The number of halogens is 5. The molecule has 0 aliphatic carbocycles. The number of hydrogen-bond donors (Lipinski definition) is 1. The van der Waals surface area contributed by atoms with Gasteiger partial charge in [-0.05, 0) is 82.8 Å². The highest BCUT2D eigenvalue weighted by molar-refractivity contribution is 14.1. The first-order valence-corrected chi connectivity index (χ1v) is 11.3. The first-order valence-electron chi connectivity index (χ1n) is 9.43. The number of nitrogens with one attached hydrogen (secondary N) is 1. The molecule has 33 heavy (non-hydrogen) atoms. The van der Waals surface area contributed by atoms with E-state index in [9.17, 15) is 23.2 Å². The van der Waals surface area contributed by atoms with Crippen LogP contribution in [0.4, 0.5) is 18.9 Å². The summed E-state index contributed by atoms with van der Waals surface area (Å²) in [6.45, 7) is 0.276. The Bertz CT molecular complexity index is 1240. The maximum Gasteiger partial charge on any atom is 0.416 e. The van der Waals surface area contributed by atoms with Gasteiger partial charge in [0.15, 0.2) is 0 Å². The normalized spacial score (nSPS) is 11.6. The van der Waals surface area contributed by atoms with Crippen molar-refractivity contribution in [2.24, 2.45) is 0 Å². The lowest BCUT2D eigenvalue weighted by atomic mass is 10.1. The van der Waals surface area contributed by atoms with Crippen LogP contribution in [0.1, 0.15) is 16.7 Å². The molecule has 3 rings (SSSR count). The van der Waals surface area contributed by atoms with Crippen LogP contribution in [0.5, 0.6) is 5.75 Å². The van der Waals surface area contributed by atoms with E-state index in [2.05, 4.69) is 43.8 Å². The van der Waals surface area contributed by atoms with Gasteiger partial charge in [-0.15, -0.1) is 0 Å². The Kier molecular flexibility index (Phi) is 8.15. The summed E-state index contributed by atoms with van der Waals surface area (Å²) in [6.07, 6.45) is -3.22. The number of amides is 1. The SMILES string of the molecule is N#C/C(=C/c1cc(Br)ccc1OCc1ccc(I)cc1)C(=O)Nc1cccc(C(F)(F)F)c1. The van der Waals surface area contributed by atoms with Crippen molar-refractivity contribution in [1.82, 2.24) is 0 Å². The molecule has 0 saturated heterocycles. The number of rotatable bonds is 6. The molecule has 0 radical (unpaired) electrons. The van der Waals surface area contributed by atoms with Gasteiger partial charge >= 0.3 is 6.18 Å². The fraction of sp³-hybridized carbons (Fsp3) is 0.0833. The maximum absolute atomic E-state index is 12.9. The predicted octanol–water partition coefficient (Wildman–Crippen LogP) is 7.20. The first kappa shape index (κ1) is 24.8. The van der Waals surface area contributed by atoms with E-state index in [1.807, 2.05) is 24.3 Å². The van der Waals surface area contributed by atoms with Crippen LogP contribution in [0.2, 0.25) is 0 Å². The number of hydrogen-bond acceptors (Lipinski definition) is 3. The third kappa shape index (κ3) is 7.07. The van der Waals surface area contributed by atoms with Crippen LogP contribution in [0.25, 0.3) is 6.08 Å². The zero-order valence-electron chi connectivity index (χ0n) is 16.8. The zero-order valence-corrected chi connectivity index (χ0v) is 20.5. The molecule has 1 N–H and O–H groups in total. The van der Waals surface area contributed by atoms with Crippen LogP contribution in [0.3, 0.4) is 0 Å². The molecule has 9 heteroatoms. The van der Waals surface area contributed by atoms with Crippen LogP contribution in [-0.2, 0) is 17.6 Å². The molecule has 0 unspecified atom stereocenters. The van der Waals surface area contributed by atoms with Gasteiger partial charge in [0.05, 0.1) is 5.56 Å². The number of ether oxygens (including phenoxy) is 1. The topological polar surface area (TPSA) is 62.1 Å². The second kappa shape index (κ2) is 10.9. The number of nitrogens with zero attached hydrogens (tertiary/aromatic N) is 1. The number of carbonyl (C=O) groups is 1. The molecule has 0 fully saturated rings. The largest absolute Gasteiger partial charge is 0.488 e. The molecule has 0 aliphatic rings. The number of benzene rings is 3. The molecular weight excluding hydrogens is 612 g/mol. The van der Waals surface area contributed by atoms with Gasteiger partial charge in [-0.3, -0.25) is 4.79 Å². The van der Waals surface area contributed by atoms with Crippen molar-refractivity contribution in [3.63, 3.8) is 0 Å². The van der Waals surface area contributed by atoms with E-state index in [0.29, 0.717) is 15.8 Å². The Morgan fingerprint density at radius 1 is 1.12 bits per heavy atom. The van der Waals surface area contributed by atoms with Crippen molar-refractivity contribution in [3.8, 4) is 11.8 Å². The van der Waals surface area contributed by atoms with E-state index < -0.39 is 17.6 Å². The summed E-state index contributed by atoms with van der Waals surface area (Å²) in [5, 5.41) is 11.8. The number of anilines is 1. The fourth-order valence-electron chi connectivity index (χ4n) is 2.78. The molecule has 0 spiro atoms. The van der Waals surface area contributed by atoms with Gasteiger partial charge in [0.25, 0.3) is 5.91 Å². The zero-order chi connectivity index (χ0) is 24.0. The molecule has 0 bridgehead atoms. The highest BCUT2D eigenvalue weighted by atomic mass is 127. The van der Waals surface area contributed by atoms with Crippen LogP contribution in [0.15, 0.2) is 76.8 Å². The van der Waals surface area contributed by atoms with Crippen molar-refractivity contribution >= 4 is 56.2 Å². The van der Waals surface area contributed by atoms with Crippen molar-refractivity contribution in [2.45, 2.75) is 12.8 Å². The van der Waals surface area contributed by atoms with Crippen molar-refractivity contribution < 1.29 is 22.7 Å². The van der Waals surface area contributed by atoms with Crippen molar-refractivity contribution in [1.29, 1.82) is 5.26 Å². The third-order valence-corrected chi connectivity index (χ3v) is 5.60. The lowest BCUT2D eigenvalue weighted by molar-refractivity contribution is -0.137. The van der Waals surface area contributed by atoms with E-state index in [1.165, 1.54) is 18.2 Å². The van der Waals surface area contributed by atoms with Gasteiger partial charge in [-0.1, -0.05) is 34.1 Å². The van der Waals surface area contributed by atoms with E-state index in [0.717, 1.165) is 21.3 Å². The third-order valence-electron chi connectivity index (χ3n) is 4.39. The molecule has 3 aromatic rings. The molecule has 4 nitrogen and oxygen atoms in total. The molecule has 1 amide bonds. The summed E-state index contributed by atoms with van der Waals surface area (Å²) in [4.78, 5) is 12.6. The summed E-state index contributed by atoms with van der Waals surface area (Å²) < 4.78 is 46.4. The van der Waals surface area contributed by atoms with Gasteiger partial charge < -0.3 is 10.1 Å². The minimum absolute atomic E-state index is 0.0691. The summed E-state index contributed by atoms with van der Waals surface area (Å²) >= 11 is 5.56. The average molecular weight is 627 g/mol. The van der Waals surface area contributed by atoms with E-state index in [4.69, 9.17) is 4.74 Å². The second-order valence-electron chi connectivity index (χ2n) is 6.80. The predicted molar refractivity (Wildman–Crippen MR) is 131 cm³/mol. The molecular formula is C24H15BrF3IN2O2. The van der Waals surface area contributed by atoms with Gasteiger partial charge in [0.1, 0.15) is 24.0 Å². The van der Waals surface area contributed by atoms with Crippen molar-refractivity contribution in [3.05, 3.63) is 97.0 Å². The summed E-state index contributed by atoms with van der Waals surface area (Å²) in [5.74, 6) is -0.392. The van der Waals surface area contributed by atoms with Gasteiger partial charge in [0, 0.05) is 19.3 Å². The minimum Gasteiger partial charge on any atom is -0.488 e. The Balaban J connectivity index is 1.82. The fourth-order valence-corrected chi connectivity index (χ4v) is 3.52. The van der Waals surface area contributed by atoms with Gasteiger partial charge in [-0.2, -0.15) is 18.4 Å². The first-order chi connectivity index (χ1) is 15.7. The Morgan fingerprint density at radius 2 is 1.85 bits per heavy atom. The van der Waals surface area contributed by atoms with E-state index in [-0.39, 0.29) is 17.9 Å². The Morgan fingerprint density at radius 3 is 2.52 bits per heavy atom. The average Bonchev–Trinajstić information content (AvgIpc) is 2.77. The maximum atomic E-state index is 12.9. The van der Waals surface area contributed by atoms with Crippen LogP contribution in [-0.4, -0.2) is 5.91 Å². The molecule has 0 heterocycles. The molecule has 3 aromatic carbocycles. The highest BCUT2D eigenvalue weighted by Crippen LogP contribution is 2.31. The number of alkyl halides is 3. The monoisotopic (exact) mass is 626 g/mol. The summed E-state index contributed by atoms with van der Waals surface area (Å²) in [6, 6.07) is 18.9. The molecule has 168 valence electrons. The van der Waals surface area contributed by atoms with Crippen molar-refractivity contribution in [2.75, 3.05) is 5.32 Å². The summed E-state index contributed by atoms with van der Waals surface area (Å²) in [7, 11) is 0. The highest BCUT2D eigenvalue weighted by Gasteiger charge is 2.30. The van der Waals surface area contributed by atoms with E-state index in [1.54, 1.807) is 24.3 Å². The van der Waals surface area contributed by atoms with Crippen LogP contribution in [0, 0.1) is 14.9 Å². The lowest BCUT2D eigenvalue weighted by Crippen LogP contribution is -2.14. The second-order valence-corrected chi connectivity index (χ2v) is 8.96. The minimum atomic E-state index is -4.55. The number of nitriles is 1. The molecule has 0 saturated carbocycles. The lowest BCUT2D eigenvalue weighted by Gasteiger charge is -2.11. The summed E-state index contributed by atoms with van der Waals surface area (Å²) in [5.41, 5.74) is 0.146. The van der Waals surface area contributed by atoms with E-state index >= 15 is 0 Å². The Hall–Kier alpha value is -2.84. The molecule has 0 atom stereocenters. The molecule has 0 aliphatic heterocycles. The van der Waals surface area contributed by atoms with Gasteiger partial charge in [-0.25, -0.2) is 0 Å². The van der Waals surface area contributed by atoms with Crippen LogP contribution < -0.4 is 10.1 Å². The van der Waals surface area contributed by atoms with Gasteiger partial charge in [0.2, 0.25) is 0 Å². The number of carbonyl (C=O) groups excluding carboxylic acids is 1. The Labute approximate surface area is 210 Å². The quantitative estimate of drug-likeness (QED) is 0.179.